The van der Waals surface area contributed by atoms with Gasteiger partial charge in [0.2, 0.25) is 0 Å². The molecule has 0 unspecified atom stereocenters. The monoisotopic (exact) mass is 319 g/mol. The zero-order chi connectivity index (χ0) is 17.1. The summed E-state index contributed by atoms with van der Waals surface area (Å²) in [4.78, 5) is 9.85. The summed E-state index contributed by atoms with van der Waals surface area (Å²) < 4.78 is 4.69. The van der Waals surface area contributed by atoms with E-state index in [9.17, 15) is 0 Å². The molecule has 0 atom stereocenters. The van der Waals surface area contributed by atoms with E-state index >= 15 is 0 Å². The van der Waals surface area contributed by atoms with Gasteiger partial charge in [0, 0.05) is 13.7 Å². The van der Waals surface area contributed by atoms with E-state index in [1.54, 1.807) is 13.4 Å². The molecule has 1 fully saturated rings. The maximum Gasteiger partial charge on any atom is 0.0931 e. The van der Waals surface area contributed by atoms with Crippen LogP contribution in [0.15, 0.2) is 24.5 Å². The third-order valence-electron chi connectivity index (χ3n) is 4.04. The first-order chi connectivity index (χ1) is 11.2. The third-order valence-corrected chi connectivity index (χ3v) is 4.04. The first kappa shape index (κ1) is 19.7. The Morgan fingerprint density at radius 1 is 1.26 bits per heavy atom. The quantitative estimate of drug-likeness (QED) is 0.909. The van der Waals surface area contributed by atoms with Crippen LogP contribution in [0.1, 0.15) is 51.5 Å². The van der Waals surface area contributed by atoms with Crippen molar-refractivity contribution in [1.29, 1.82) is 0 Å². The summed E-state index contributed by atoms with van der Waals surface area (Å²) in [7, 11) is 3.91. The minimum absolute atomic E-state index is 0.726. The minimum atomic E-state index is 0.726. The molecule has 0 saturated carbocycles. The average molecular weight is 319 g/mol. The fraction of sp³-hybridized carbons (Fsp3) is 0.632. The number of methoxy groups -OCH3 is 1. The number of rotatable bonds is 3. The van der Waals surface area contributed by atoms with E-state index in [4.69, 9.17) is 4.74 Å². The molecule has 4 heteroatoms. The number of ether oxygens (including phenoxy) is 1. The van der Waals surface area contributed by atoms with Gasteiger partial charge in [-0.3, -0.25) is 0 Å². The number of fused-ring (bicyclic) bond motifs is 1. The standard InChI is InChI=1S/C13H17N3.C4H10O.C2H6/c1-16-6-4-10(5-7-16)11-2-3-12-13(8-11)15-9-14-12;1-3-4-5-2;1-2/h2-3,8-10H,4-7H2,1H3,(H,14,15);3-4H2,1-2H3;1-2H3. The molecule has 1 saturated heterocycles. The van der Waals surface area contributed by atoms with E-state index in [1.807, 2.05) is 13.8 Å². The lowest BCUT2D eigenvalue weighted by molar-refractivity contribution is 0.199. The summed E-state index contributed by atoms with van der Waals surface area (Å²) in [5, 5.41) is 0. The smallest absolute Gasteiger partial charge is 0.0931 e. The average Bonchev–Trinajstić information content (AvgIpc) is 3.06. The van der Waals surface area contributed by atoms with Crippen LogP contribution in [0.3, 0.4) is 0 Å². The predicted molar refractivity (Wildman–Crippen MR) is 99.1 cm³/mol. The molecule has 23 heavy (non-hydrogen) atoms. The van der Waals surface area contributed by atoms with Gasteiger partial charge in [0.25, 0.3) is 0 Å². The Kier molecular flexibility index (Phi) is 9.57. The van der Waals surface area contributed by atoms with Crippen molar-refractivity contribution in [3.63, 3.8) is 0 Å². The molecule has 0 radical (unpaired) electrons. The molecule has 1 aliphatic heterocycles. The van der Waals surface area contributed by atoms with E-state index < -0.39 is 0 Å². The number of H-pyrrole nitrogens is 1. The summed E-state index contributed by atoms with van der Waals surface area (Å²) in [6, 6.07) is 6.62. The van der Waals surface area contributed by atoms with Crippen LogP contribution in [0.2, 0.25) is 0 Å². The fourth-order valence-electron chi connectivity index (χ4n) is 2.75. The molecule has 2 aromatic rings. The topological polar surface area (TPSA) is 41.1 Å². The predicted octanol–water partition coefficient (Wildman–Crippen LogP) is 4.44. The lowest BCUT2D eigenvalue weighted by Gasteiger charge is -2.29. The van der Waals surface area contributed by atoms with E-state index in [-0.39, 0.29) is 0 Å². The molecule has 1 aliphatic rings. The molecule has 1 aromatic heterocycles. The molecule has 130 valence electrons. The first-order valence-corrected chi connectivity index (χ1v) is 8.85. The molecular formula is C19H33N3O. The fourth-order valence-corrected chi connectivity index (χ4v) is 2.75. The zero-order valence-electron chi connectivity index (χ0n) is 15.4. The van der Waals surface area contributed by atoms with Crippen molar-refractivity contribution >= 4 is 11.0 Å². The van der Waals surface area contributed by atoms with Crippen molar-refractivity contribution in [2.75, 3.05) is 33.9 Å². The van der Waals surface area contributed by atoms with E-state index in [1.165, 1.54) is 31.5 Å². The van der Waals surface area contributed by atoms with Crippen LogP contribution >= 0.6 is 0 Å². The molecule has 3 rings (SSSR count). The number of piperidine rings is 1. The highest BCUT2D eigenvalue weighted by atomic mass is 16.5. The van der Waals surface area contributed by atoms with Gasteiger partial charge in [-0.1, -0.05) is 26.8 Å². The maximum absolute atomic E-state index is 4.69. The highest BCUT2D eigenvalue weighted by Gasteiger charge is 2.18. The molecule has 0 bridgehead atoms. The summed E-state index contributed by atoms with van der Waals surface area (Å²) in [6.45, 7) is 9.40. The Hall–Kier alpha value is -1.39. The van der Waals surface area contributed by atoms with Gasteiger partial charge in [-0.25, -0.2) is 4.98 Å². The van der Waals surface area contributed by atoms with Crippen LogP contribution in [0.5, 0.6) is 0 Å². The molecule has 4 nitrogen and oxygen atoms in total. The molecule has 1 aromatic carbocycles. The van der Waals surface area contributed by atoms with Crippen LogP contribution in [0.25, 0.3) is 11.0 Å². The second-order valence-electron chi connectivity index (χ2n) is 5.75. The molecule has 1 N–H and O–H groups in total. The van der Waals surface area contributed by atoms with Crippen LogP contribution in [-0.2, 0) is 4.74 Å². The SMILES string of the molecule is CC.CCCOC.CN1CCC(c2ccc3nc[nH]c3c2)CC1. The van der Waals surface area contributed by atoms with Crippen LogP contribution in [0, 0.1) is 0 Å². The summed E-state index contributed by atoms with van der Waals surface area (Å²) >= 11 is 0. The molecule has 0 spiro atoms. The van der Waals surface area contributed by atoms with Crippen molar-refractivity contribution in [2.45, 2.75) is 46.0 Å². The highest BCUT2D eigenvalue weighted by Crippen LogP contribution is 2.28. The van der Waals surface area contributed by atoms with Crippen molar-refractivity contribution in [3.8, 4) is 0 Å². The Labute approximate surface area is 141 Å². The van der Waals surface area contributed by atoms with E-state index in [2.05, 4.69) is 47.0 Å². The van der Waals surface area contributed by atoms with Crippen molar-refractivity contribution in [1.82, 2.24) is 14.9 Å². The van der Waals surface area contributed by atoms with Crippen LogP contribution < -0.4 is 0 Å². The number of nitrogens with one attached hydrogen (secondary N) is 1. The van der Waals surface area contributed by atoms with Gasteiger partial charge in [0.1, 0.15) is 0 Å². The van der Waals surface area contributed by atoms with Gasteiger partial charge in [0.15, 0.2) is 0 Å². The highest BCUT2D eigenvalue weighted by molar-refractivity contribution is 5.75. The largest absolute Gasteiger partial charge is 0.385 e. The molecular weight excluding hydrogens is 286 g/mol. The van der Waals surface area contributed by atoms with E-state index in [0.717, 1.165) is 30.0 Å². The Bertz CT molecular complexity index is 528. The second kappa shape index (κ2) is 11.2. The first-order valence-electron chi connectivity index (χ1n) is 8.85. The Morgan fingerprint density at radius 3 is 2.52 bits per heavy atom. The van der Waals surface area contributed by atoms with Gasteiger partial charge in [-0.15, -0.1) is 0 Å². The Balaban J connectivity index is 0.000000327. The molecule has 0 amide bonds. The zero-order valence-corrected chi connectivity index (χ0v) is 15.4. The van der Waals surface area contributed by atoms with Gasteiger partial charge < -0.3 is 14.6 Å². The van der Waals surface area contributed by atoms with E-state index in [0.29, 0.717) is 0 Å². The van der Waals surface area contributed by atoms with Crippen LogP contribution in [0.4, 0.5) is 0 Å². The van der Waals surface area contributed by atoms with Gasteiger partial charge in [-0.05, 0) is 63.0 Å². The number of hydrogen-bond donors (Lipinski definition) is 1. The molecule has 2 heterocycles. The Morgan fingerprint density at radius 2 is 1.96 bits per heavy atom. The second-order valence-corrected chi connectivity index (χ2v) is 5.75. The number of hydrogen-bond acceptors (Lipinski definition) is 3. The number of aromatic amines is 1. The van der Waals surface area contributed by atoms with Crippen molar-refractivity contribution in [3.05, 3.63) is 30.1 Å². The lowest BCUT2D eigenvalue weighted by atomic mass is 9.89. The number of aromatic nitrogens is 2. The number of imidazole rings is 1. The van der Waals surface area contributed by atoms with Crippen molar-refractivity contribution in [2.24, 2.45) is 0 Å². The third kappa shape index (κ3) is 6.32. The normalized spacial score (nSPS) is 15.5. The lowest BCUT2D eigenvalue weighted by Crippen LogP contribution is -2.29. The summed E-state index contributed by atoms with van der Waals surface area (Å²) in [6.07, 6.45) is 5.44. The number of likely N-dealkylation sites (tertiary alicyclic amines) is 1. The minimum Gasteiger partial charge on any atom is -0.385 e. The number of nitrogens with zero attached hydrogens (tertiary/aromatic N) is 2. The van der Waals surface area contributed by atoms with Gasteiger partial charge in [-0.2, -0.15) is 0 Å². The number of benzene rings is 1. The summed E-state index contributed by atoms with van der Waals surface area (Å²) in [5.41, 5.74) is 3.69. The van der Waals surface area contributed by atoms with Crippen LogP contribution in [-0.4, -0.2) is 48.7 Å². The summed E-state index contributed by atoms with van der Waals surface area (Å²) in [5.74, 6) is 0.726. The van der Waals surface area contributed by atoms with Gasteiger partial charge >= 0.3 is 0 Å². The molecule has 0 aliphatic carbocycles. The van der Waals surface area contributed by atoms with Crippen molar-refractivity contribution < 1.29 is 4.74 Å². The maximum atomic E-state index is 4.69. The van der Waals surface area contributed by atoms with Gasteiger partial charge in [0.05, 0.1) is 17.4 Å².